The van der Waals surface area contributed by atoms with Gasteiger partial charge in [-0.25, -0.2) is 0 Å². The van der Waals surface area contributed by atoms with Crippen molar-refractivity contribution in [3.05, 3.63) is 52.3 Å². The number of H-pyrrole nitrogens is 1. The molecule has 1 aromatic carbocycles. The van der Waals surface area contributed by atoms with Gasteiger partial charge in [0.1, 0.15) is 5.75 Å². The molecule has 1 N–H and O–H groups in total. The van der Waals surface area contributed by atoms with Gasteiger partial charge in [-0.1, -0.05) is 0 Å². The molecule has 6 nitrogen and oxygen atoms in total. The van der Waals surface area contributed by atoms with Crippen molar-refractivity contribution in [2.24, 2.45) is 0 Å². The molecule has 2 aromatic rings. The summed E-state index contributed by atoms with van der Waals surface area (Å²) in [5, 5.41) is 10.5. The quantitative estimate of drug-likeness (QED) is 0.383. The van der Waals surface area contributed by atoms with Crippen LogP contribution in [0.4, 0.5) is 5.69 Å². The molecular weight excluding hydrogens is 280 g/mol. The summed E-state index contributed by atoms with van der Waals surface area (Å²) in [7, 11) is 1.59. The molecule has 104 valence electrons. The summed E-state index contributed by atoms with van der Waals surface area (Å²) in [6.45, 7) is 0. The number of nitrogens with zero attached hydrogens (tertiary/aromatic N) is 1. The van der Waals surface area contributed by atoms with Crippen LogP contribution in [0.5, 0.6) is 5.75 Å². The number of aromatic nitrogens is 1. The maximum atomic E-state index is 11.9. The number of rotatable bonds is 6. The van der Waals surface area contributed by atoms with Gasteiger partial charge in [0, 0.05) is 11.0 Å². The predicted octanol–water partition coefficient (Wildman–Crippen LogP) is 2.91. The summed E-state index contributed by atoms with van der Waals surface area (Å²) in [5.41, 5.74) is 0.139. The Hall–Kier alpha value is -2.28. The molecule has 0 saturated carbocycles. The second-order valence-corrected chi connectivity index (χ2v) is 4.96. The molecule has 0 aliphatic carbocycles. The minimum atomic E-state index is -0.538. The van der Waals surface area contributed by atoms with Crippen LogP contribution in [-0.2, 0) is 0 Å². The molecule has 0 saturated heterocycles. The smallest absolute Gasteiger partial charge is 0.287 e. The highest BCUT2D eigenvalue weighted by Gasteiger charge is 2.14. The number of Topliss-reactive ketones (excluding diaryl/α,β-unsaturated/α-hetero) is 1. The molecule has 0 aliphatic rings. The van der Waals surface area contributed by atoms with Gasteiger partial charge in [-0.3, -0.25) is 14.9 Å². The number of carbonyl (C=O) groups excluding carboxylic acids is 1. The monoisotopic (exact) mass is 292 g/mol. The van der Waals surface area contributed by atoms with Gasteiger partial charge in [-0.05, 0) is 24.3 Å². The fraction of sp³-hybridized carbons (Fsp3) is 0.154. The zero-order valence-electron chi connectivity index (χ0n) is 10.7. The van der Waals surface area contributed by atoms with Crippen LogP contribution in [0, 0.1) is 10.1 Å². The first-order valence-electron chi connectivity index (χ1n) is 5.73. The first kappa shape index (κ1) is 14.1. The van der Waals surface area contributed by atoms with Crippen LogP contribution in [0.15, 0.2) is 41.4 Å². The Labute approximate surface area is 119 Å². The molecule has 0 fully saturated rings. The van der Waals surface area contributed by atoms with Crippen molar-refractivity contribution in [3.63, 3.8) is 0 Å². The lowest BCUT2D eigenvalue weighted by atomic mass is 10.3. The normalized spacial score (nSPS) is 10.2. The number of aromatic amines is 1. The van der Waals surface area contributed by atoms with Crippen molar-refractivity contribution in [2.75, 3.05) is 12.9 Å². The second kappa shape index (κ2) is 6.25. The highest BCUT2D eigenvalue weighted by molar-refractivity contribution is 8.00. The van der Waals surface area contributed by atoms with Crippen LogP contribution in [0.2, 0.25) is 0 Å². The Morgan fingerprint density at radius 3 is 2.65 bits per heavy atom. The minimum Gasteiger partial charge on any atom is -0.497 e. The standard InChI is InChI=1S/C13H12N2O4S/c1-19-10-2-4-11(5-3-10)20-8-13(16)12-6-9(7-14-12)15(17)18/h2-7,14H,8H2,1H3. The van der Waals surface area contributed by atoms with Crippen LogP contribution in [0.3, 0.4) is 0 Å². The molecule has 1 aromatic heterocycles. The molecule has 0 bridgehead atoms. The Bertz CT molecular complexity index is 622. The van der Waals surface area contributed by atoms with E-state index in [1.165, 1.54) is 24.0 Å². The molecule has 0 radical (unpaired) electrons. The van der Waals surface area contributed by atoms with E-state index in [4.69, 9.17) is 4.74 Å². The van der Waals surface area contributed by atoms with Crippen molar-refractivity contribution < 1.29 is 14.5 Å². The first-order chi connectivity index (χ1) is 9.60. The van der Waals surface area contributed by atoms with Crippen LogP contribution in [0.1, 0.15) is 10.5 Å². The Morgan fingerprint density at radius 1 is 1.40 bits per heavy atom. The zero-order chi connectivity index (χ0) is 14.5. The molecule has 7 heteroatoms. The number of carbonyl (C=O) groups is 1. The zero-order valence-corrected chi connectivity index (χ0v) is 11.5. The summed E-state index contributed by atoms with van der Waals surface area (Å²) < 4.78 is 5.04. The van der Waals surface area contributed by atoms with Gasteiger partial charge in [-0.15, -0.1) is 11.8 Å². The lowest BCUT2D eigenvalue weighted by Gasteiger charge is -2.02. The highest BCUT2D eigenvalue weighted by Crippen LogP contribution is 2.22. The van der Waals surface area contributed by atoms with Crippen molar-refractivity contribution in [3.8, 4) is 5.75 Å². The number of hydrogen-bond donors (Lipinski definition) is 1. The number of nitro groups is 1. The van der Waals surface area contributed by atoms with Gasteiger partial charge < -0.3 is 9.72 Å². The summed E-state index contributed by atoms with van der Waals surface area (Å²) in [6, 6.07) is 8.58. The fourth-order valence-corrected chi connectivity index (χ4v) is 2.33. The highest BCUT2D eigenvalue weighted by atomic mass is 32.2. The number of ketones is 1. The molecular formula is C13H12N2O4S. The van der Waals surface area contributed by atoms with E-state index < -0.39 is 4.92 Å². The van der Waals surface area contributed by atoms with Gasteiger partial charge in [0.15, 0.2) is 5.78 Å². The Kier molecular flexibility index (Phi) is 4.41. The average molecular weight is 292 g/mol. The van der Waals surface area contributed by atoms with Gasteiger partial charge in [0.2, 0.25) is 0 Å². The third kappa shape index (κ3) is 3.39. The maximum absolute atomic E-state index is 11.9. The molecule has 20 heavy (non-hydrogen) atoms. The van der Waals surface area contributed by atoms with E-state index in [0.29, 0.717) is 0 Å². The van der Waals surface area contributed by atoms with Crippen molar-refractivity contribution in [1.29, 1.82) is 0 Å². The molecule has 0 unspecified atom stereocenters. The average Bonchev–Trinajstić information content (AvgIpc) is 2.95. The van der Waals surface area contributed by atoms with E-state index in [1.54, 1.807) is 7.11 Å². The van der Waals surface area contributed by atoms with Crippen molar-refractivity contribution >= 4 is 23.2 Å². The van der Waals surface area contributed by atoms with E-state index in [1.807, 2.05) is 24.3 Å². The summed E-state index contributed by atoms with van der Waals surface area (Å²) in [5.74, 6) is 0.781. The number of nitrogens with one attached hydrogen (secondary N) is 1. The number of hydrogen-bond acceptors (Lipinski definition) is 5. The molecule has 0 amide bonds. The van der Waals surface area contributed by atoms with Crippen molar-refractivity contribution in [2.45, 2.75) is 4.90 Å². The summed E-state index contributed by atoms with van der Waals surface area (Å²) in [4.78, 5) is 25.4. The van der Waals surface area contributed by atoms with Gasteiger partial charge in [-0.2, -0.15) is 0 Å². The summed E-state index contributed by atoms with van der Waals surface area (Å²) in [6.07, 6.45) is 1.21. The SMILES string of the molecule is COc1ccc(SCC(=O)c2cc([N+](=O)[O-])c[nH]2)cc1. The third-order valence-corrected chi connectivity index (χ3v) is 3.62. The van der Waals surface area contributed by atoms with E-state index in [0.717, 1.165) is 10.6 Å². The lowest BCUT2D eigenvalue weighted by Crippen LogP contribution is -2.02. The fourth-order valence-electron chi connectivity index (χ4n) is 1.55. The summed E-state index contributed by atoms with van der Waals surface area (Å²) >= 11 is 1.37. The number of thioether (sulfide) groups is 1. The van der Waals surface area contributed by atoms with Gasteiger partial charge >= 0.3 is 0 Å². The molecule has 0 aliphatic heterocycles. The van der Waals surface area contributed by atoms with Gasteiger partial charge in [0.05, 0.1) is 29.7 Å². The van der Waals surface area contributed by atoms with Gasteiger partial charge in [0.25, 0.3) is 5.69 Å². The van der Waals surface area contributed by atoms with E-state index in [-0.39, 0.29) is 22.9 Å². The van der Waals surface area contributed by atoms with Crippen LogP contribution >= 0.6 is 11.8 Å². The third-order valence-electron chi connectivity index (χ3n) is 2.61. The number of benzene rings is 1. The van der Waals surface area contributed by atoms with Crippen LogP contribution in [0.25, 0.3) is 0 Å². The van der Waals surface area contributed by atoms with Crippen LogP contribution in [-0.4, -0.2) is 28.6 Å². The first-order valence-corrected chi connectivity index (χ1v) is 6.71. The second-order valence-electron chi connectivity index (χ2n) is 3.92. The number of ether oxygens (including phenoxy) is 1. The maximum Gasteiger partial charge on any atom is 0.287 e. The predicted molar refractivity (Wildman–Crippen MR) is 75.5 cm³/mol. The lowest BCUT2D eigenvalue weighted by molar-refractivity contribution is -0.384. The Morgan fingerprint density at radius 2 is 2.10 bits per heavy atom. The topological polar surface area (TPSA) is 85.2 Å². The van der Waals surface area contributed by atoms with E-state index in [2.05, 4.69) is 4.98 Å². The molecule has 0 spiro atoms. The molecule has 1 heterocycles. The molecule has 2 rings (SSSR count). The Balaban J connectivity index is 1.95. The largest absolute Gasteiger partial charge is 0.497 e. The van der Waals surface area contributed by atoms with Crippen LogP contribution < -0.4 is 4.74 Å². The minimum absolute atomic E-state index is 0.109. The number of methoxy groups -OCH3 is 1. The van der Waals surface area contributed by atoms with E-state index in [9.17, 15) is 14.9 Å². The molecule has 0 atom stereocenters. The van der Waals surface area contributed by atoms with Crippen molar-refractivity contribution in [1.82, 2.24) is 4.98 Å². The van der Waals surface area contributed by atoms with E-state index >= 15 is 0 Å².